The number of aryl methyl sites for hydroxylation is 18. The van der Waals surface area contributed by atoms with Crippen LogP contribution < -0.4 is 67.6 Å². The number of hydrogen-bond acceptors (Lipinski definition) is 8. The third-order valence-corrected chi connectivity index (χ3v) is 25.1. The summed E-state index contributed by atoms with van der Waals surface area (Å²) in [7, 11) is 0.241. The minimum atomic E-state index is -0.653. The first kappa shape index (κ1) is 124. The molecular weight excluding hydrogens is 1840 g/mol. The molecular formula is C120H168Fe2Li2N6O8P2+2. The van der Waals surface area contributed by atoms with Gasteiger partial charge in [-0.05, 0) is 354 Å². The summed E-state index contributed by atoms with van der Waals surface area (Å²) in [5, 5.41) is 0. The van der Waals surface area contributed by atoms with Gasteiger partial charge in [0.05, 0.1) is 0 Å². The van der Waals surface area contributed by atoms with Crippen molar-refractivity contribution in [1.29, 1.82) is 0 Å². The fourth-order valence-electron chi connectivity index (χ4n) is 19.1. The third-order valence-electron chi connectivity index (χ3n) is 25.1. The molecule has 14 nitrogen and oxygen atoms in total. The SMILES string of the molecule is C1CCOC1.C1CCOC1.C1CCOC1.C1CCOC1.C1CCOC1.C1CCOC1.C1CCOC1.C1CCOC1.C[PH+](C)C.C[PH+](C)C.Cc1cc(C)c(-c2ccc(C(C)(c3ccc(-c4c(C)cc(C)cc4C)[n-]3)c3ccc(-c4c(C)cc(C)cc4C)[n-]3)[n-]2)c(C)c1.Cc1cc(C)c(-c2ccc(C(C)(c3ccc(-c4c(C)cc(C)cc4C)[n-]3)c3ccc(-c4c(C)cc(C)cc4C)[n-]3)[n-]2)c(C)c1.[Fe+2].[Fe+2].[Li+].[Li+]. The maximum atomic E-state index is 5.33. The van der Waals surface area contributed by atoms with Gasteiger partial charge in [0.2, 0.25) is 0 Å². The van der Waals surface area contributed by atoms with Crippen LogP contribution in [0.1, 0.15) is 251 Å². The average Bonchev–Trinajstić information content (AvgIpc) is 1.59. The van der Waals surface area contributed by atoms with Crippen LogP contribution >= 0.6 is 15.8 Å². The molecule has 0 aliphatic carbocycles. The van der Waals surface area contributed by atoms with Gasteiger partial charge in [0.15, 0.2) is 0 Å². The van der Waals surface area contributed by atoms with Crippen LogP contribution in [0.3, 0.4) is 0 Å². The fraction of sp³-hybridized carbons (Fsp3) is 0.500. The average molecular weight is 2010 g/mol. The van der Waals surface area contributed by atoms with Crippen LogP contribution in [0.2, 0.25) is 0 Å². The van der Waals surface area contributed by atoms with E-state index in [2.05, 4.69) is 324 Å². The van der Waals surface area contributed by atoms with E-state index in [0.717, 1.165) is 174 Å². The van der Waals surface area contributed by atoms with Crippen molar-refractivity contribution < 1.29 is 110 Å². The summed E-state index contributed by atoms with van der Waals surface area (Å²) in [6.07, 6.45) is 20.4. The van der Waals surface area contributed by atoms with Crippen molar-refractivity contribution in [3.63, 3.8) is 0 Å². The van der Waals surface area contributed by atoms with E-state index in [0.29, 0.717) is 0 Å². The third kappa shape index (κ3) is 37.9. The standard InChI is InChI=1S/2C41H42N3.8C4H8O.2C3H9P.2Fe.2Li/c2*1-23-17-26(4)38(27(5)18-23)32-11-14-35(42-32)41(10,36-15-12-33(43-36)39-28(6)19-24(2)20-29(39)7)37-16-13-34(44-37)40-30(8)21-25(3)22-31(40)9;8*1-2-4-5-3-1;2*1-4(2)3;;;;/h2*11-22H,1-10H3;8*1-4H2;2*1-3H3;;;;/q2*-3;;;;;;;;;;;2*+2;2*+1/p+2. The van der Waals surface area contributed by atoms with Crippen molar-refractivity contribution >= 4 is 15.8 Å². The van der Waals surface area contributed by atoms with Gasteiger partial charge >= 0.3 is 71.9 Å². The Labute approximate surface area is 893 Å². The molecule has 0 radical (unpaired) electrons. The van der Waals surface area contributed by atoms with Crippen LogP contribution in [-0.2, 0) is 82.9 Å². The maximum Gasteiger partial charge on any atom is 2.00 e. The van der Waals surface area contributed by atoms with Gasteiger partial charge in [-0.1, -0.05) is 193 Å². The normalized spacial score (nSPS) is 14.8. The molecule has 14 heterocycles. The van der Waals surface area contributed by atoms with E-state index in [9.17, 15) is 0 Å². The second-order valence-corrected chi connectivity index (χ2v) is 45.7. The molecule has 0 atom stereocenters. The van der Waals surface area contributed by atoms with Crippen molar-refractivity contribution in [3.05, 3.63) is 280 Å². The fourth-order valence-corrected chi connectivity index (χ4v) is 19.1. The first-order valence-electron chi connectivity index (χ1n) is 50.7. The molecule has 20 rings (SSSR count). The largest absolute Gasteiger partial charge is 2.00 e. The first-order chi connectivity index (χ1) is 65.2. The number of aromatic nitrogens is 6. The molecule has 6 aromatic heterocycles. The smallest absolute Gasteiger partial charge is 0.660 e. The molecule has 8 aliphatic heterocycles. The Hall–Kier alpha value is -6.23. The molecule has 20 heteroatoms. The van der Waals surface area contributed by atoms with E-state index < -0.39 is 10.8 Å². The van der Waals surface area contributed by atoms with Crippen LogP contribution in [0.15, 0.2) is 146 Å². The molecule has 8 fully saturated rings. The monoisotopic (exact) mass is 2010 g/mol. The Morgan fingerprint density at radius 3 is 0.357 bits per heavy atom. The summed E-state index contributed by atoms with van der Waals surface area (Å²) in [5.74, 6) is 0. The molecule has 0 unspecified atom stereocenters. The molecule has 12 aromatic rings. The Balaban J connectivity index is 0.000000327. The van der Waals surface area contributed by atoms with Crippen LogP contribution in [0.4, 0.5) is 0 Å². The summed E-state index contributed by atoms with van der Waals surface area (Å²) in [6, 6.07) is 52.9. The summed E-state index contributed by atoms with van der Waals surface area (Å²) >= 11 is 0. The molecule has 0 spiro atoms. The number of hydrogen-bond donors (Lipinski definition) is 0. The minimum Gasteiger partial charge on any atom is -0.660 e. The summed E-state index contributed by atoms with van der Waals surface area (Å²) < 4.78 is 39.6. The van der Waals surface area contributed by atoms with Crippen molar-refractivity contribution in [2.75, 3.05) is 146 Å². The Bertz CT molecular complexity index is 4500. The number of nitrogens with zero attached hydrogens (tertiary/aromatic N) is 6. The van der Waals surface area contributed by atoms with Gasteiger partial charge in [0, 0.05) is 146 Å². The van der Waals surface area contributed by atoms with Crippen LogP contribution in [0.25, 0.3) is 67.5 Å². The predicted molar refractivity (Wildman–Crippen MR) is 580 cm³/mol. The van der Waals surface area contributed by atoms with E-state index >= 15 is 0 Å². The summed E-state index contributed by atoms with van der Waals surface area (Å²) in [6.45, 7) is 73.1. The zero-order valence-electron chi connectivity index (χ0n) is 91.1. The zero-order valence-corrected chi connectivity index (χ0v) is 95.3. The molecule has 8 aliphatic rings. The molecule has 8 saturated heterocycles. The molecule has 6 aromatic carbocycles. The van der Waals surface area contributed by atoms with Gasteiger partial charge in [0.1, 0.15) is 0 Å². The first-order valence-corrected chi connectivity index (χ1v) is 56.7. The minimum absolute atomic E-state index is 0. The second-order valence-electron chi connectivity index (χ2n) is 39.7. The number of ether oxygens (including phenoxy) is 8. The summed E-state index contributed by atoms with van der Waals surface area (Å²) in [4.78, 5) is 32.0. The Kier molecular flexibility index (Phi) is 56.8. The molecule has 140 heavy (non-hydrogen) atoms. The van der Waals surface area contributed by atoms with E-state index in [1.165, 1.54) is 236 Å². The van der Waals surface area contributed by atoms with Gasteiger partial charge in [-0.25, -0.2) is 0 Å². The van der Waals surface area contributed by atoms with Gasteiger partial charge < -0.3 is 67.8 Å². The number of rotatable bonds is 12. The van der Waals surface area contributed by atoms with E-state index in [-0.39, 0.29) is 87.7 Å². The van der Waals surface area contributed by atoms with Crippen molar-refractivity contribution in [3.8, 4) is 67.5 Å². The van der Waals surface area contributed by atoms with Crippen molar-refractivity contribution in [1.82, 2.24) is 29.9 Å². The van der Waals surface area contributed by atoms with Crippen LogP contribution in [0.5, 0.6) is 0 Å². The predicted octanol–water partition coefficient (Wildman–Crippen LogP) is 21.9. The Morgan fingerprint density at radius 1 is 0.186 bits per heavy atom. The molecule has 0 amide bonds. The molecule has 0 saturated carbocycles. The molecule has 752 valence electrons. The van der Waals surface area contributed by atoms with Gasteiger partial charge in [-0.3, -0.25) is 0 Å². The van der Waals surface area contributed by atoms with Gasteiger partial charge in [-0.2, -0.15) is 0 Å². The maximum absolute atomic E-state index is 5.33. The second kappa shape index (κ2) is 64.0. The molecule has 0 N–H and O–H groups in total. The molecule has 0 bridgehead atoms. The number of benzene rings is 6. The van der Waals surface area contributed by atoms with Gasteiger partial charge in [0.25, 0.3) is 0 Å². The van der Waals surface area contributed by atoms with Crippen LogP contribution in [-0.4, -0.2) is 146 Å². The Morgan fingerprint density at radius 2 is 0.279 bits per heavy atom. The zero-order chi connectivity index (χ0) is 98.4. The van der Waals surface area contributed by atoms with Gasteiger partial charge in [-0.15, -0.1) is 68.3 Å². The van der Waals surface area contributed by atoms with Crippen molar-refractivity contribution in [2.45, 2.75) is 252 Å². The quantitative estimate of drug-likeness (QED) is 0.0840. The topological polar surface area (TPSA) is 158 Å². The van der Waals surface area contributed by atoms with E-state index in [1.54, 1.807) is 0 Å². The van der Waals surface area contributed by atoms with E-state index in [4.69, 9.17) is 67.8 Å². The van der Waals surface area contributed by atoms with Crippen LogP contribution in [0, 0.1) is 125 Å². The van der Waals surface area contributed by atoms with E-state index in [1.807, 2.05) is 0 Å². The van der Waals surface area contributed by atoms with Crippen molar-refractivity contribution in [2.24, 2.45) is 0 Å². The summed E-state index contributed by atoms with van der Waals surface area (Å²) in [5.41, 5.74) is 40.1.